The van der Waals surface area contributed by atoms with Crippen molar-refractivity contribution in [2.75, 3.05) is 6.61 Å². The van der Waals surface area contributed by atoms with Gasteiger partial charge in [-0.1, -0.05) is 13.0 Å². The molecule has 24 heavy (non-hydrogen) atoms. The van der Waals surface area contributed by atoms with E-state index in [4.69, 9.17) is 9.15 Å². The molecule has 1 fully saturated rings. The molecule has 4 heteroatoms. The van der Waals surface area contributed by atoms with Gasteiger partial charge in [-0.05, 0) is 57.1 Å². The molecule has 132 valence electrons. The van der Waals surface area contributed by atoms with E-state index in [1.165, 1.54) is 5.56 Å². The molecule has 0 spiro atoms. The maximum Gasteiger partial charge on any atom is 0.333 e. The van der Waals surface area contributed by atoms with E-state index in [0.717, 1.165) is 37.0 Å². The fourth-order valence-electron chi connectivity index (χ4n) is 4.58. The van der Waals surface area contributed by atoms with Crippen LogP contribution < -0.4 is 0 Å². The van der Waals surface area contributed by atoms with Crippen LogP contribution >= 0.6 is 0 Å². The minimum Gasteiger partial charge on any atom is -0.469 e. The third-order valence-corrected chi connectivity index (χ3v) is 6.51. The molecule has 1 aromatic heterocycles. The lowest BCUT2D eigenvalue weighted by Gasteiger charge is -2.52. The van der Waals surface area contributed by atoms with E-state index in [1.54, 1.807) is 13.0 Å². The van der Waals surface area contributed by atoms with Crippen LogP contribution in [0.4, 0.5) is 0 Å². The number of aliphatic hydroxyl groups excluding tert-OH is 1. The number of rotatable bonds is 3. The normalized spacial score (nSPS) is 32.9. The first-order chi connectivity index (χ1) is 11.4. The van der Waals surface area contributed by atoms with Crippen LogP contribution in [-0.4, -0.2) is 23.8 Å². The van der Waals surface area contributed by atoms with Crippen molar-refractivity contribution in [3.8, 4) is 0 Å². The summed E-state index contributed by atoms with van der Waals surface area (Å²) in [7, 11) is 0. The second-order valence-corrected chi connectivity index (χ2v) is 7.57. The van der Waals surface area contributed by atoms with Crippen LogP contribution in [0.2, 0.25) is 0 Å². The zero-order valence-corrected chi connectivity index (χ0v) is 15.1. The van der Waals surface area contributed by atoms with Crippen LogP contribution in [-0.2, 0) is 22.4 Å². The van der Waals surface area contributed by atoms with Gasteiger partial charge < -0.3 is 14.3 Å². The number of esters is 1. The van der Waals surface area contributed by atoms with Gasteiger partial charge in [0.2, 0.25) is 0 Å². The third kappa shape index (κ3) is 2.61. The highest BCUT2D eigenvalue weighted by Gasteiger charge is 2.53. The fourth-order valence-corrected chi connectivity index (χ4v) is 4.58. The minimum atomic E-state index is -0.239. The Balaban J connectivity index is 1.87. The average Bonchev–Trinajstić information content (AvgIpc) is 2.95. The van der Waals surface area contributed by atoms with Crippen LogP contribution in [0.3, 0.4) is 0 Å². The molecule has 0 aliphatic heterocycles. The summed E-state index contributed by atoms with van der Waals surface area (Å²) in [6.07, 6.45) is 6.96. The second-order valence-electron chi connectivity index (χ2n) is 7.57. The maximum atomic E-state index is 12.2. The molecular formula is C20H28O4. The van der Waals surface area contributed by atoms with Crippen molar-refractivity contribution in [1.82, 2.24) is 0 Å². The lowest BCUT2D eigenvalue weighted by Crippen LogP contribution is -2.53. The monoisotopic (exact) mass is 332 g/mol. The van der Waals surface area contributed by atoms with Crippen molar-refractivity contribution in [1.29, 1.82) is 0 Å². The molecule has 2 aliphatic carbocycles. The lowest BCUT2D eigenvalue weighted by molar-refractivity contribution is -0.160. The Labute approximate surface area is 143 Å². The number of hydrogen-bond acceptors (Lipinski definition) is 4. The number of hydrogen-bond donors (Lipinski definition) is 1. The Morgan fingerprint density at radius 1 is 1.50 bits per heavy atom. The van der Waals surface area contributed by atoms with Crippen molar-refractivity contribution < 1.29 is 19.1 Å². The predicted molar refractivity (Wildman–Crippen MR) is 91.6 cm³/mol. The molecule has 0 aromatic carbocycles. The smallest absolute Gasteiger partial charge is 0.333 e. The van der Waals surface area contributed by atoms with Gasteiger partial charge >= 0.3 is 5.97 Å². The van der Waals surface area contributed by atoms with Gasteiger partial charge in [-0.2, -0.15) is 0 Å². The molecular weight excluding hydrogens is 304 g/mol. The zero-order valence-electron chi connectivity index (χ0n) is 15.1. The van der Waals surface area contributed by atoms with Gasteiger partial charge in [-0.25, -0.2) is 4.79 Å². The summed E-state index contributed by atoms with van der Waals surface area (Å²) >= 11 is 0. The van der Waals surface area contributed by atoms with Gasteiger partial charge in [-0.3, -0.25) is 0 Å². The topological polar surface area (TPSA) is 59.7 Å². The lowest BCUT2D eigenvalue weighted by atomic mass is 9.54. The highest BCUT2D eigenvalue weighted by Crippen LogP contribution is 2.53. The number of fused-ring (bicyclic) bond motifs is 2. The van der Waals surface area contributed by atoms with Gasteiger partial charge in [0.1, 0.15) is 11.9 Å². The summed E-state index contributed by atoms with van der Waals surface area (Å²) in [4.78, 5) is 12.2. The van der Waals surface area contributed by atoms with Crippen molar-refractivity contribution in [2.24, 2.45) is 17.3 Å². The molecule has 0 bridgehead atoms. The van der Waals surface area contributed by atoms with Crippen LogP contribution in [0.1, 0.15) is 50.5 Å². The van der Waals surface area contributed by atoms with Crippen molar-refractivity contribution in [3.63, 3.8) is 0 Å². The number of ether oxygens (including phenoxy) is 1. The van der Waals surface area contributed by atoms with Gasteiger partial charge in [0.15, 0.2) is 0 Å². The molecule has 2 aliphatic rings. The van der Waals surface area contributed by atoms with Crippen LogP contribution in [0.15, 0.2) is 22.3 Å². The molecule has 4 atom stereocenters. The molecule has 0 saturated heterocycles. The average molecular weight is 332 g/mol. The van der Waals surface area contributed by atoms with Gasteiger partial charge in [0.25, 0.3) is 0 Å². The number of carbonyl (C=O) groups excluding carboxylic acids is 1. The zero-order chi connectivity index (χ0) is 17.5. The van der Waals surface area contributed by atoms with Crippen LogP contribution in [0.5, 0.6) is 0 Å². The second kappa shape index (κ2) is 6.40. The van der Waals surface area contributed by atoms with E-state index < -0.39 is 0 Å². The Morgan fingerprint density at radius 3 is 2.92 bits per heavy atom. The van der Waals surface area contributed by atoms with E-state index in [1.807, 2.05) is 13.2 Å². The summed E-state index contributed by atoms with van der Waals surface area (Å²) in [6, 6.07) is 0. The van der Waals surface area contributed by atoms with Gasteiger partial charge in [0.05, 0.1) is 6.26 Å². The predicted octanol–water partition coefficient (Wildman–Crippen LogP) is 3.59. The maximum absolute atomic E-state index is 12.2. The fraction of sp³-hybridized carbons (Fsp3) is 0.650. The molecule has 0 unspecified atom stereocenters. The quantitative estimate of drug-likeness (QED) is 0.679. The van der Waals surface area contributed by atoms with Crippen LogP contribution in [0.25, 0.3) is 0 Å². The number of allylic oxidation sites excluding steroid dienone is 1. The van der Waals surface area contributed by atoms with Crippen molar-refractivity contribution >= 4 is 5.97 Å². The number of aryl methyl sites for hydroxylation is 1. The minimum absolute atomic E-state index is 0.123. The van der Waals surface area contributed by atoms with Gasteiger partial charge in [-0.15, -0.1) is 0 Å². The molecule has 4 nitrogen and oxygen atoms in total. The first kappa shape index (κ1) is 17.3. The summed E-state index contributed by atoms with van der Waals surface area (Å²) in [5, 5.41) is 10.3. The van der Waals surface area contributed by atoms with E-state index in [2.05, 4.69) is 13.8 Å². The van der Waals surface area contributed by atoms with Crippen molar-refractivity contribution in [3.05, 3.63) is 34.8 Å². The van der Waals surface area contributed by atoms with E-state index in [-0.39, 0.29) is 30.0 Å². The van der Waals surface area contributed by atoms with E-state index in [0.29, 0.717) is 11.5 Å². The molecule has 1 saturated carbocycles. The SMILES string of the molecule is C/C=C(\C)C(=O)O[C@@H]1CC[C@H]2Cc3occ(C)c3C[C@@]2(CO)[C@@H]1C. The molecule has 0 amide bonds. The standard InChI is InChI=1S/C20H28O4/c1-5-12(2)19(22)24-17-7-6-15-8-18-16(13(3)10-23-18)9-20(15,11-21)14(17)4/h5,10,14-15,17,21H,6-9,11H2,1-4H3/b12-5+/t14-,15+,17-,20-/m1/s1. The van der Waals surface area contributed by atoms with E-state index in [9.17, 15) is 9.90 Å². The summed E-state index contributed by atoms with van der Waals surface area (Å²) in [5.74, 6) is 1.34. The highest BCUT2D eigenvalue weighted by molar-refractivity contribution is 5.87. The molecule has 1 heterocycles. The Bertz CT molecular complexity index is 657. The molecule has 1 N–H and O–H groups in total. The van der Waals surface area contributed by atoms with E-state index >= 15 is 0 Å². The largest absolute Gasteiger partial charge is 0.469 e. The number of aliphatic hydroxyl groups is 1. The number of carbonyl (C=O) groups is 1. The Morgan fingerprint density at radius 2 is 2.25 bits per heavy atom. The summed E-state index contributed by atoms with van der Waals surface area (Å²) in [5.41, 5.74) is 2.81. The summed E-state index contributed by atoms with van der Waals surface area (Å²) in [6.45, 7) is 7.94. The summed E-state index contributed by atoms with van der Waals surface area (Å²) < 4.78 is 11.5. The van der Waals surface area contributed by atoms with Crippen molar-refractivity contribution in [2.45, 2.75) is 59.5 Å². The van der Waals surface area contributed by atoms with Crippen LogP contribution in [0, 0.1) is 24.2 Å². The first-order valence-corrected chi connectivity index (χ1v) is 8.93. The number of furan rings is 1. The Kier molecular flexibility index (Phi) is 4.60. The first-order valence-electron chi connectivity index (χ1n) is 8.93. The van der Waals surface area contributed by atoms with Gasteiger partial charge in [0, 0.05) is 29.9 Å². The molecule has 3 rings (SSSR count). The molecule has 1 aromatic rings. The Hall–Kier alpha value is -1.55. The molecule has 0 radical (unpaired) electrons. The third-order valence-electron chi connectivity index (χ3n) is 6.51. The highest BCUT2D eigenvalue weighted by atomic mass is 16.5.